The molecule has 2 fully saturated rings. The number of ether oxygens (including phenoxy) is 3. The molecule has 0 amide bonds. The number of hydrogen-bond acceptors (Lipinski definition) is 6. The standard InChI is InChI=1S/C11H19NO6S/c1-16-10(13)2-9-19(14,15)12-5-3-11(4-6-12)17-7-8-18-11/h2-9H2,1H3. The lowest BCUT2D eigenvalue weighted by Crippen LogP contribution is -2.47. The number of hydrogen-bond donors (Lipinski definition) is 0. The van der Waals surface area contributed by atoms with Crippen LogP contribution in [-0.2, 0) is 29.0 Å². The lowest BCUT2D eigenvalue weighted by atomic mass is 10.1. The van der Waals surface area contributed by atoms with Gasteiger partial charge >= 0.3 is 5.97 Å². The molecule has 2 aliphatic rings. The first kappa shape index (κ1) is 14.7. The highest BCUT2D eigenvalue weighted by atomic mass is 32.2. The first-order chi connectivity index (χ1) is 8.97. The average Bonchev–Trinajstić information content (AvgIpc) is 2.85. The van der Waals surface area contributed by atoms with E-state index in [0.29, 0.717) is 39.1 Å². The van der Waals surface area contributed by atoms with Crippen LogP contribution in [0.15, 0.2) is 0 Å². The zero-order valence-corrected chi connectivity index (χ0v) is 11.8. The second kappa shape index (κ2) is 5.74. The molecular weight excluding hydrogens is 274 g/mol. The highest BCUT2D eigenvalue weighted by molar-refractivity contribution is 7.89. The molecule has 0 unspecified atom stereocenters. The first-order valence-electron chi connectivity index (χ1n) is 6.30. The third-order valence-corrected chi connectivity index (χ3v) is 5.35. The number of methoxy groups -OCH3 is 1. The fraction of sp³-hybridized carbons (Fsp3) is 0.909. The maximum absolute atomic E-state index is 12.0. The molecule has 0 aromatic carbocycles. The molecule has 0 bridgehead atoms. The maximum Gasteiger partial charge on any atom is 0.306 e. The topological polar surface area (TPSA) is 82.1 Å². The molecule has 0 atom stereocenters. The largest absolute Gasteiger partial charge is 0.469 e. The quantitative estimate of drug-likeness (QED) is 0.663. The van der Waals surface area contributed by atoms with E-state index >= 15 is 0 Å². The van der Waals surface area contributed by atoms with E-state index in [1.165, 1.54) is 11.4 Å². The fourth-order valence-corrected chi connectivity index (χ4v) is 3.76. The molecule has 0 N–H and O–H groups in total. The van der Waals surface area contributed by atoms with Crippen molar-refractivity contribution in [1.82, 2.24) is 4.31 Å². The van der Waals surface area contributed by atoms with E-state index in [-0.39, 0.29) is 12.2 Å². The fourth-order valence-electron chi connectivity index (χ4n) is 2.33. The number of carbonyl (C=O) groups excluding carboxylic acids is 1. The normalized spacial score (nSPS) is 23.6. The summed E-state index contributed by atoms with van der Waals surface area (Å²) in [5, 5.41) is 0. The van der Waals surface area contributed by atoms with Gasteiger partial charge in [-0.3, -0.25) is 4.79 Å². The number of sulfonamides is 1. The lowest BCUT2D eigenvalue weighted by Gasteiger charge is -2.36. The van der Waals surface area contributed by atoms with Crippen molar-refractivity contribution in [1.29, 1.82) is 0 Å². The van der Waals surface area contributed by atoms with E-state index in [9.17, 15) is 13.2 Å². The Morgan fingerprint density at radius 3 is 2.37 bits per heavy atom. The van der Waals surface area contributed by atoms with Gasteiger partial charge < -0.3 is 14.2 Å². The second-order valence-corrected chi connectivity index (χ2v) is 6.74. The minimum atomic E-state index is -3.41. The lowest BCUT2D eigenvalue weighted by molar-refractivity contribution is -0.179. The van der Waals surface area contributed by atoms with Crippen LogP contribution in [-0.4, -0.2) is 63.6 Å². The Labute approximate surface area is 112 Å². The molecule has 0 radical (unpaired) electrons. The van der Waals surface area contributed by atoms with E-state index in [1.54, 1.807) is 0 Å². The van der Waals surface area contributed by atoms with Crippen LogP contribution in [0.4, 0.5) is 0 Å². The van der Waals surface area contributed by atoms with Gasteiger partial charge in [0.25, 0.3) is 0 Å². The minimum Gasteiger partial charge on any atom is -0.469 e. The van der Waals surface area contributed by atoms with Gasteiger partial charge in [-0.25, -0.2) is 12.7 Å². The van der Waals surface area contributed by atoms with Crippen LogP contribution in [0.5, 0.6) is 0 Å². The number of piperidine rings is 1. The maximum atomic E-state index is 12.0. The van der Waals surface area contributed by atoms with Crippen molar-refractivity contribution >= 4 is 16.0 Å². The second-order valence-electron chi connectivity index (χ2n) is 4.65. The number of esters is 1. The van der Waals surface area contributed by atoms with Crippen molar-refractivity contribution in [2.24, 2.45) is 0 Å². The van der Waals surface area contributed by atoms with Crippen molar-refractivity contribution < 1.29 is 27.4 Å². The summed E-state index contributed by atoms with van der Waals surface area (Å²) in [6.45, 7) is 1.86. The predicted molar refractivity (Wildman–Crippen MR) is 65.9 cm³/mol. The predicted octanol–water partition coefficient (Wildman–Crippen LogP) is -0.282. The zero-order chi connectivity index (χ0) is 13.9. The molecule has 1 spiro atoms. The van der Waals surface area contributed by atoms with Crippen LogP contribution in [0.3, 0.4) is 0 Å². The van der Waals surface area contributed by atoms with Gasteiger partial charge in [-0.05, 0) is 0 Å². The van der Waals surface area contributed by atoms with Gasteiger partial charge in [0, 0.05) is 25.9 Å². The van der Waals surface area contributed by atoms with Crippen LogP contribution in [0.25, 0.3) is 0 Å². The van der Waals surface area contributed by atoms with Crippen LogP contribution in [0.1, 0.15) is 19.3 Å². The van der Waals surface area contributed by atoms with E-state index in [2.05, 4.69) is 4.74 Å². The Morgan fingerprint density at radius 1 is 1.26 bits per heavy atom. The molecule has 110 valence electrons. The van der Waals surface area contributed by atoms with E-state index in [1.807, 2.05) is 0 Å². The molecule has 2 heterocycles. The van der Waals surface area contributed by atoms with Gasteiger partial charge in [-0.1, -0.05) is 0 Å². The smallest absolute Gasteiger partial charge is 0.306 e. The van der Waals surface area contributed by atoms with Gasteiger partial charge in [-0.2, -0.15) is 0 Å². The van der Waals surface area contributed by atoms with Crippen molar-refractivity contribution in [2.45, 2.75) is 25.0 Å². The summed E-state index contributed by atoms with van der Waals surface area (Å²) in [5.41, 5.74) is 0. The van der Waals surface area contributed by atoms with Crippen LogP contribution in [0, 0.1) is 0 Å². The molecule has 0 aromatic heterocycles. The molecule has 7 nitrogen and oxygen atoms in total. The van der Waals surface area contributed by atoms with Crippen molar-refractivity contribution in [3.05, 3.63) is 0 Å². The SMILES string of the molecule is COC(=O)CCS(=O)(=O)N1CCC2(CC1)OCCO2. The molecule has 8 heteroatoms. The molecule has 0 saturated carbocycles. The zero-order valence-electron chi connectivity index (χ0n) is 11.0. The van der Waals surface area contributed by atoms with Crippen LogP contribution < -0.4 is 0 Å². The van der Waals surface area contributed by atoms with Gasteiger partial charge in [0.2, 0.25) is 10.0 Å². The van der Waals surface area contributed by atoms with Crippen molar-refractivity contribution in [3.8, 4) is 0 Å². The molecule has 0 aromatic rings. The molecule has 2 rings (SSSR count). The summed E-state index contributed by atoms with van der Waals surface area (Å²) in [7, 11) is -2.17. The van der Waals surface area contributed by atoms with Gasteiger partial charge in [0.05, 0.1) is 32.5 Å². The Bertz CT molecular complexity index is 418. The van der Waals surface area contributed by atoms with E-state index in [0.717, 1.165) is 0 Å². The number of rotatable bonds is 4. The summed E-state index contributed by atoms with van der Waals surface area (Å²) in [4.78, 5) is 11.0. The van der Waals surface area contributed by atoms with Gasteiger partial charge in [0.15, 0.2) is 5.79 Å². The molecule has 0 aliphatic carbocycles. The van der Waals surface area contributed by atoms with Gasteiger partial charge in [-0.15, -0.1) is 0 Å². The molecule has 2 saturated heterocycles. The third kappa shape index (κ3) is 3.44. The summed E-state index contributed by atoms with van der Waals surface area (Å²) >= 11 is 0. The van der Waals surface area contributed by atoms with E-state index in [4.69, 9.17) is 9.47 Å². The van der Waals surface area contributed by atoms with E-state index < -0.39 is 21.8 Å². The monoisotopic (exact) mass is 293 g/mol. The first-order valence-corrected chi connectivity index (χ1v) is 7.91. The summed E-state index contributed by atoms with van der Waals surface area (Å²) in [6.07, 6.45) is 0.947. The highest BCUT2D eigenvalue weighted by Crippen LogP contribution is 2.32. The average molecular weight is 293 g/mol. The van der Waals surface area contributed by atoms with Crippen LogP contribution >= 0.6 is 0 Å². The molecule has 2 aliphatic heterocycles. The summed E-state index contributed by atoms with van der Waals surface area (Å²) < 4.78 is 41.0. The summed E-state index contributed by atoms with van der Waals surface area (Å²) in [5.74, 6) is -1.32. The Morgan fingerprint density at radius 2 is 1.84 bits per heavy atom. The number of nitrogens with zero attached hydrogens (tertiary/aromatic N) is 1. The third-order valence-electron chi connectivity index (χ3n) is 3.48. The van der Waals surface area contributed by atoms with Crippen molar-refractivity contribution in [3.63, 3.8) is 0 Å². The van der Waals surface area contributed by atoms with Crippen molar-refractivity contribution in [2.75, 3.05) is 39.2 Å². The molecule has 19 heavy (non-hydrogen) atoms. The van der Waals surface area contributed by atoms with Gasteiger partial charge in [0.1, 0.15) is 0 Å². The minimum absolute atomic E-state index is 0.118. The van der Waals surface area contributed by atoms with Crippen LogP contribution in [0.2, 0.25) is 0 Å². The number of carbonyl (C=O) groups is 1. The Hall–Kier alpha value is -0.700. The highest BCUT2D eigenvalue weighted by Gasteiger charge is 2.42. The Balaban J connectivity index is 1.87. The molecular formula is C11H19NO6S. The Kier molecular flexibility index (Phi) is 4.44. The summed E-state index contributed by atoms with van der Waals surface area (Å²) in [6, 6.07) is 0.